The first-order valence-electron chi connectivity index (χ1n) is 9.24. The first-order chi connectivity index (χ1) is 13.9. The van der Waals surface area contributed by atoms with Gasteiger partial charge in [0.2, 0.25) is 0 Å². The van der Waals surface area contributed by atoms with Gasteiger partial charge >= 0.3 is 0 Å². The van der Waals surface area contributed by atoms with Crippen LogP contribution >= 0.6 is 0 Å². The van der Waals surface area contributed by atoms with Crippen LogP contribution in [0.25, 0.3) is 0 Å². The minimum atomic E-state index is -1.66. The molecule has 0 amide bonds. The van der Waals surface area contributed by atoms with Gasteiger partial charge in [-0.2, -0.15) is 0 Å². The molecule has 2 saturated heterocycles. The van der Waals surface area contributed by atoms with Gasteiger partial charge in [0, 0.05) is 0 Å². The van der Waals surface area contributed by atoms with Crippen molar-refractivity contribution in [2.24, 2.45) is 0 Å². The summed E-state index contributed by atoms with van der Waals surface area (Å²) in [6.45, 7) is 6.02. The standard InChI is InChI=1S/C18H30O11/c1-3-5-25-15-14(10(8-20)27-17(24)16(15)26-6-4-2)29-18-13(23)12(22)11(21)9(7-19)28-18/h3-4,9-24H,1-2,5-8H2/t9-,10-,11+,12+,13-,14-,15+,16-,17?,18+/m1/s1. The number of hydrogen-bond acceptors (Lipinski definition) is 11. The summed E-state index contributed by atoms with van der Waals surface area (Å²) in [6, 6.07) is 0. The van der Waals surface area contributed by atoms with E-state index in [1.54, 1.807) is 0 Å². The molecular formula is C18H30O11. The van der Waals surface area contributed by atoms with Crippen molar-refractivity contribution in [3.63, 3.8) is 0 Å². The van der Waals surface area contributed by atoms with Gasteiger partial charge < -0.3 is 54.3 Å². The average molecular weight is 422 g/mol. The van der Waals surface area contributed by atoms with E-state index >= 15 is 0 Å². The molecule has 168 valence electrons. The fourth-order valence-electron chi connectivity index (χ4n) is 3.27. The van der Waals surface area contributed by atoms with Gasteiger partial charge in [-0.1, -0.05) is 12.2 Å². The van der Waals surface area contributed by atoms with E-state index in [9.17, 15) is 30.6 Å². The first-order valence-corrected chi connectivity index (χ1v) is 9.24. The Morgan fingerprint density at radius 3 is 1.86 bits per heavy atom. The molecule has 6 N–H and O–H groups in total. The molecule has 2 fully saturated rings. The quantitative estimate of drug-likeness (QED) is 0.199. The van der Waals surface area contributed by atoms with E-state index in [0.29, 0.717) is 0 Å². The summed E-state index contributed by atoms with van der Waals surface area (Å²) < 4.78 is 27.7. The largest absolute Gasteiger partial charge is 0.394 e. The van der Waals surface area contributed by atoms with E-state index in [-0.39, 0.29) is 13.2 Å². The van der Waals surface area contributed by atoms with E-state index in [2.05, 4.69) is 13.2 Å². The molecule has 1 unspecified atom stereocenters. The highest BCUT2D eigenvalue weighted by Gasteiger charge is 2.51. The van der Waals surface area contributed by atoms with Gasteiger partial charge in [-0.05, 0) is 0 Å². The van der Waals surface area contributed by atoms with Crippen LogP contribution < -0.4 is 0 Å². The van der Waals surface area contributed by atoms with Crippen LogP contribution in [0.5, 0.6) is 0 Å². The van der Waals surface area contributed by atoms with Gasteiger partial charge in [-0.15, -0.1) is 13.2 Å². The molecule has 0 spiro atoms. The van der Waals surface area contributed by atoms with Crippen molar-refractivity contribution in [3.05, 3.63) is 25.3 Å². The van der Waals surface area contributed by atoms with E-state index in [4.69, 9.17) is 23.7 Å². The van der Waals surface area contributed by atoms with E-state index in [1.165, 1.54) is 12.2 Å². The Kier molecular flexibility index (Phi) is 9.59. The van der Waals surface area contributed by atoms with Crippen LogP contribution in [-0.4, -0.2) is 118 Å². The van der Waals surface area contributed by atoms with Crippen molar-refractivity contribution in [1.82, 2.24) is 0 Å². The van der Waals surface area contributed by atoms with Crippen LogP contribution in [0.2, 0.25) is 0 Å². The molecule has 2 rings (SSSR count). The van der Waals surface area contributed by atoms with Crippen LogP contribution in [0.3, 0.4) is 0 Å². The highest BCUT2D eigenvalue weighted by atomic mass is 16.7. The SMILES string of the molecule is C=CCO[C@H]1[C@H](O[C@@H]2O[C@H](CO)[C@H](O)[C@H](O)[C@H]2O)[C@@H](CO)OC(O)[C@@H]1OCC=C. The van der Waals surface area contributed by atoms with Crippen LogP contribution in [0, 0.1) is 0 Å². The molecule has 0 aromatic carbocycles. The summed E-state index contributed by atoms with van der Waals surface area (Å²) >= 11 is 0. The summed E-state index contributed by atoms with van der Waals surface area (Å²) in [4.78, 5) is 0. The van der Waals surface area contributed by atoms with Crippen molar-refractivity contribution in [2.45, 2.75) is 61.4 Å². The lowest BCUT2D eigenvalue weighted by Crippen LogP contribution is -2.65. The zero-order valence-electron chi connectivity index (χ0n) is 15.9. The Balaban J connectivity index is 2.25. The van der Waals surface area contributed by atoms with Crippen molar-refractivity contribution < 1.29 is 54.3 Å². The molecule has 11 nitrogen and oxygen atoms in total. The number of rotatable bonds is 10. The summed E-state index contributed by atoms with van der Waals surface area (Å²) in [7, 11) is 0. The summed E-state index contributed by atoms with van der Waals surface area (Å²) in [5.41, 5.74) is 0. The van der Waals surface area contributed by atoms with Crippen LogP contribution in [0.1, 0.15) is 0 Å². The molecule has 2 aliphatic heterocycles. The van der Waals surface area contributed by atoms with Gasteiger partial charge in [-0.3, -0.25) is 0 Å². The third kappa shape index (κ3) is 5.60. The zero-order valence-corrected chi connectivity index (χ0v) is 15.9. The Bertz CT molecular complexity index is 516. The highest BCUT2D eigenvalue weighted by molar-refractivity contribution is 4.95. The lowest BCUT2D eigenvalue weighted by molar-refractivity contribution is -0.360. The summed E-state index contributed by atoms with van der Waals surface area (Å²) in [6.07, 6.45) is -10.3. The fourth-order valence-corrected chi connectivity index (χ4v) is 3.27. The zero-order chi connectivity index (χ0) is 21.6. The smallest absolute Gasteiger partial charge is 0.187 e. The maximum absolute atomic E-state index is 10.3. The fraction of sp³-hybridized carbons (Fsp3) is 0.778. The minimum absolute atomic E-state index is 0.0536. The van der Waals surface area contributed by atoms with Crippen molar-refractivity contribution in [1.29, 1.82) is 0 Å². The molecular weight excluding hydrogens is 392 g/mol. The van der Waals surface area contributed by atoms with Gasteiger partial charge in [0.05, 0.1) is 26.4 Å². The van der Waals surface area contributed by atoms with E-state index in [0.717, 1.165) is 0 Å². The molecule has 0 radical (unpaired) electrons. The molecule has 0 aliphatic carbocycles. The Morgan fingerprint density at radius 2 is 1.31 bits per heavy atom. The lowest BCUT2D eigenvalue weighted by atomic mass is 9.96. The molecule has 0 aromatic heterocycles. The molecule has 10 atom stereocenters. The highest BCUT2D eigenvalue weighted by Crippen LogP contribution is 2.31. The predicted octanol–water partition coefficient (Wildman–Crippen LogP) is -2.98. The third-order valence-corrected chi connectivity index (χ3v) is 4.74. The van der Waals surface area contributed by atoms with Crippen molar-refractivity contribution in [3.8, 4) is 0 Å². The van der Waals surface area contributed by atoms with Crippen molar-refractivity contribution >= 4 is 0 Å². The average Bonchev–Trinajstić information content (AvgIpc) is 2.72. The molecule has 0 aromatic rings. The maximum Gasteiger partial charge on any atom is 0.187 e. The normalized spacial score (nSPS) is 43.1. The van der Waals surface area contributed by atoms with Gasteiger partial charge in [0.25, 0.3) is 0 Å². The van der Waals surface area contributed by atoms with E-state index in [1.807, 2.05) is 0 Å². The van der Waals surface area contributed by atoms with Gasteiger partial charge in [-0.25, -0.2) is 0 Å². The van der Waals surface area contributed by atoms with Crippen molar-refractivity contribution in [2.75, 3.05) is 26.4 Å². The summed E-state index contributed by atoms with van der Waals surface area (Å²) in [5, 5.41) is 59.4. The van der Waals surface area contributed by atoms with Crippen LogP contribution in [0.4, 0.5) is 0 Å². The topological polar surface area (TPSA) is 168 Å². The first kappa shape index (κ1) is 24.3. The second-order valence-electron chi connectivity index (χ2n) is 6.72. The minimum Gasteiger partial charge on any atom is -0.394 e. The Labute approximate surface area is 168 Å². The maximum atomic E-state index is 10.3. The predicted molar refractivity (Wildman–Crippen MR) is 96.5 cm³/mol. The molecule has 2 aliphatic rings. The number of aliphatic hydroxyl groups excluding tert-OH is 6. The van der Waals surface area contributed by atoms with Crippen LogP contribution in [0.15, 0.2) is 25.3 Å². The third-order valence-electron chi connectivity index (χ3n) is 4.74. The second kappa shape index (κ2) is 11.4. The van der Waals surface area contributed by atoms with Gasteiger partial charge in [0.15, 0.2) is 12.6 Å². The lowest BCUT2D eigenvalue weighted by Gasteiger charge is -2.47. The molecule has 29 heavy (non-hydrogen) atoms. The van der Waals surface area contributed by atoms with Gasteiger partial charge in [0.1, 0.15) is 48.8 Å². The monoisotopic (exact) mass is 422 g/mol. The summed E-state index contributed by atoms with van der Waals surface area (Å²) in [5.74, 6) is 0. The molecule has 0 saturated carbocycles. The molecule has 2 heterocycles. The molecule has 0 bridgehead atoms. The second-order valence-corrected chi connectivity index (χ2v) is 6.72. The Hall–Kier alpha value is -0.960. The number of hydrogen-bond donors (Lipinski definition) is 6. The number of ether oxygens (including phenoxy) is 5. The van der Waals surface area contributed by atoms with Crippen LogP contribution in [-0.2, 0) is 23.7 Å². The Morgan fingerprint density at radius 1 is 0.724 bits per heavy atom. The molecule has 11 heteroatoms. The number of aliphatic hydroxyl groups is 6. The van der Waals surface area contributed by atoms with E-state index < -0.39 is 74.6 Å².